The molecule has 0 radical (unpaired) electrons. The minimum absolute atomic E-state index is 0.137. The van der Waals surface area contributed by atoms with Crippen LogP contribution in [0.1, 0.15) is 239 Å². The molecule has 9 heteroatoms. The van der Waals surface area contributed by atoms with Crippen LogP contribution < -0.4 is 5.32 Å². The van der Waals surface area contributed by atoms with Gasteiger partial charge in [-0.25, -0.2) is 0 Å². The highest BCUT2D eigenvalue weighted by Crippen LogP contribution is 2.23. The summed E-state index contributed by atoms with van der Waals surface area (Å²) in [5, 5.41) is 53.8. The number of hydrogen-bond acceptors (Lipinski definition) is 8. The SMILES string of the molecule is CCCCCCCCCC/C=C\CCCCCCCCCCCCCCCCCCCCCC(=O)NC(COC1OC(CO)C(O)C(O)C1O)C(O)CCCCCC. The Kier molecular flexibility index (Phi) is 37.9. The van der Waals surface area contributed by atoms with Crippen molar-refractivity contribution < 1.29 is 39.8 Å². The zero-order valence-electron chi connectivity index (χ0n) is 37.8. The van der Waals surface area contributed by atoms with Gasteiger partial charge in [-0.2, -0.15) is 0 Å². The van der Waals surface area contributed by atoms with E-state index in [-0.39, 0.29) is 12.5 Å². The van der Waals surface area contributed by atoms with E-state index in [0.29, 0.717) is 12.8 Å². The fraction of sp³-hybridized carbons (Fsp3) is 0.939. The topological polar surface area (TPSA) is 149 Å². The average molecular weight is 826 g/mol. The Morgan fingerprint density at radius 3 is 1.40 bits per heavy atom. The van der Waals surface area contributed by atoms with Gasteiger partial charge in [-0.3, -0.25) is 4.79 Å². The van der Waals surface area contributed by atoms with E-state index in [0.717, 1.165) is 44.9 Å². The van der Waals surface area contributed by atoms with Crippen molar-refractivity contribution >= 4 is 5.91 Å². The molecule has 0 bridgehead atoms. The van der Waals surface area contributed by atoms with Crippen LogP contribution in [0.3, 0.4) is 0 Å². The van der Waals surface area contributed by atoms with Crippen LogP contribution in [0.2, 0.25) is 0 Å². The molecular weight excluding hydrogens is 731 g/mol. The van der Waals surface area contributed by atoms with Gasteiger partial charge in [-0.1, -0.05) is 206 Å². The Bertz CT molecular complexity index is 919. The third-order valence-electron chi connectivity index (χ3n) is 12.1. The molecule has 1 aliphatic heterocycles. The molecule has 1 amide bonds. The third kappa shape index (κ3) is 30.0. The van der Waals surface area contributed by atoms with Crippen molar-refractivity contribution in [2.24, 2.45) is 0 Å². The molecule has 344 valence electrons. The monoisotopic (exact) mass is 826 g/mol. The van der Waals surface area contributed by atoms with Crippen molar-refractivity contribution in [3.63, 3.8) is 0 Å². The number of unbranched alkanes of at least 4 members (excludes halogenated alkanes) is 30. The number of aliphatic hydroxyl groups is 5. The summed E-state index contributed by atoms with van der Waals surface area (Å²) in [4.78, 5) is 12.8. The standard InChI is InChI=1S/C49H95NO8/c1-3-5-7-9-10-11-12-13-14-15-16-17-18-19-20-21-22-23-24-25-26-27-28-29-30-31-32-33-34-35-37-39-45(53)50-42(43(52)38-36-8-6-4-2)41-57-49-48(56)47(55)46(54)44(40-51)58-49/h15-16,42-44,46-49,51-52,54-56H,3-14,17-41H2,1-2H3,(H,50,53)/b16-15-. The number of nitrogens with one attached hydrogen (secondary N) is 1. The van der Waals surface area contributed by atoms with E-state index in [4.69, 9.17) is 9.47 Å². The third-order valence-corrected chi connectivity index (χ3v) is 12.1. The highest BCUT2D eigenvalue weighted by atomic mass is 16.7. The second-order valence-electron chi connectivity index (χ2n) is 17.6. The van der Waals surface area contributed by atoms with Crippen LogP contribution in [0.4, 0.5) is 0 Å². The predicted molar refractivity (Wildman–Crippen MR) is 240 cm³/mol. The fourth-order valence-electron chi connectivity index (χ4n) is 8.10. The minimum Gasteiger partial charge on any atom is -0.394 e. The number of hydrogen-bond donors (Lipinski definition) is 6. The van der Waals surface area contributed by atoms with E-state index in [2.05, 4.69) is 31.3 Å². The molecule has 6 N–H and O–H groups in total. The zero-order chi connectivity index (χ0) is 42.3. The number of ether oxygens (including phenoxy) is 2. The molecule has 9 nitrogen and oxygen atoms in total. The number of amides is 1. The highest BCUT2D eigenvalue weighted by Gasteiger charge is 2.44. The molecule has 1 aliphatic rings. The first kappa shape index (κ1) is 54.9. The van der Waals surface area contributed by atoms with Crippen LogP contribution in [0.5, 0.6) is 0 Å². The quantitative estimate of drug-likeness (QED) is 0.0263. The average Bonchev–Trinajstić information content (AvgIpc) is 3.22. The maximum Gasteiger partial charge on any atom is 0.220 e. The van der Waals surface area contributed by atoms with E-state index in [1.54, 1.807) is 0 Å². The number of carbonyl (C=O) groups excluding carboxylic acids is 1. The zero-order valence-corrected chi connectivity index (χ0v) is 37.8. The number of carbonyl (C=O) groups is 1. The van der Waals surface area contributed by atoms with Crippen LogP contribution >= 0.6 is 0 Å². The summed E-state index contributed by atoms with van der Waals surface area (Å²) in [5.41, 5.74) is 0. The smallest absolute Gasteiger partial charge is 0.220 e. The van der Waals surface area contributed by atoms with Crippen molar-refractivity contribution in [1.29, 1.82) is 0 Å². The lowest BCUT2D eigenvalue weighted by Crippen LogP contribution is -2.60. The molecule has 0 saturated carbocycles. The number of aliphatic hydroxyl groups excluding tert-OH is 5. The molecule has 0 aromatic carbocycles. The summed E-state index contributed by atoms with van der Waals surface area (Å²) in [6.45, 7) is 3.72. The molecule has 1 saturated heterocycles. The Morgan fingerprint density at radius 1 is 0.569 bits per heavy atom. The molecule has 1 fully saturated rings. The molecular formula is C49H95NO8. The van der Waals surface area contributed by atoms with Crippen molar-refractivity contribution in [1.82, 2.24) is 5.32 Å². The Labute approximate surface area is 356 Å². The van der Waals surface area contributed by atoms with Crippen LogP contribution in [0.25, 0.3) is 0 Å². The molecule has 1 rings (SSSR count). The van der Waals surface area contributed by atoms with Gasteiger partial charge in [0.2, 0.25) is 5.91 Å². The van der Waals surface area contributed by atoms with Gasteiger partial charge in [0.25, 0.3) is 0 Å². The van der Waals surface area contributed by atoms with E-state index in [1.165, 1.54) is 167 Å². The highest BCUT2D eigenvalue weighted by molar-refractivity contribution is 5.76. The van der Waals surface area contributed by atoms with Crippen LogP contribution in [0, 0.1) is 0 Å². The maximum atomic E-state index is 12.8. The van der Waals surface area contributed by atoms with Crippen molar-refractivity contribution in [2.75, 3.05) is 13.2 Å². The van der Waals surface area contributed by atoms with E-state index in [1.807, 2.05) is 0 Å². The lowest BCUT2D eigenvalue weighted by Gasteiger charge is -2.40. The minimum atomic E-state index is -1.55. The first-order valence-corrected chi connectivity index (χ1v) is 24.9. The molecule has 0 spiro atoms. The molecule has 7 unspecified atom stereocenters. The second-order valence-corrected chi connectivity index (χ2v) is 17.6. The predicted octanol–water partition coefficient (Wildman–Crippen LogP) is 10.9. The Morgan fingerprint density at radius 2 is 0.966 bits per heavy atom. The maximum absolute atomic E-state index is 12.8. The Balaban J connectivity index is 1.98. The van der Waals surface area contributed by atoms with Gasteiger partial charge >= 0.3 is 0 Å². The van der Waals surface area contributed by atoms with E-state index in [9.17, 15) is 30.3 Å². The van der Waals surface area contributed by atoms with Gasteiger partial charge in [0.05, 0.1) is 25.4 Å². The first-order chi connectivity index (χ1) is 28.3. The summed E-state index contributed by atoms with van der Waals surface area (Å²) in [6, 6.07) is -0.710. The van der Waals surface area contributed by atoms with Crippen molar-refractivity contribution in [3.8, 4) is 0 Å². The number of allylic oxidation sites excluding steroid dienone is 2. The van der Waals surface area contributed by atoms with E-state index >= 15 is 0 Å². The second kappa shape index (κ2) is 40.0. The molecule has 0 aliphatic carbocycles. The lowest BCUT2D eigenvalue weighted by molar-refractivity contribution is -0.302. The molecule has 58 heavy (non-hydrogen) atoms. The summed E-state index contributed by atoms with van der Waals surface area (Å²) in [6.07, 6.45) is 40.4. The van der Waals surface area contributed by atoms with E-state index < -0.39 is 49.5 Å². The van der Waals surface area contributed by atoms with Gasteiger partial charge in [0, 0.05) is 6.42 Å². The van der Waals surface area contributed by atoms with Crippen molar-refractivity contribution in [2.45, 2.75) is 281 Å². The summed E-state index contributed by atoms with van der Waals surface area (Å²) in [7, 11) is 0. The van der Waals surface area contributed by atoms with Crippen molar-refractivity contribution in [3.05, 3.63) is 12.2 Å². The van der Waals surface area contributed by atoms with Crippen LogP contribution in [-0.2, 0) is 14.3 Å². The molecule has 7 atom stereocenters. The van der Waals surface area contributed by atoms with Gasteiger partial charge in [-0.15, -0.1) is 0 Å². The van der Waals surface area contributed by atoms with Gasteiger partial charge < -0.3 is 40.3 Å². The first-order valence-electron chi connectivity index (χ1n) is 24.9. The number of rotatable bonds is 42. The largest absolute Gasteiger partial charge is 0.394 e. The van der Waals surface area contributed by atoms with Crippen LogP contribution in [0.15, 0.2) is 12.2 Å². The summed E-state index contributed by atoms with van der Waals surface area (Å²) in [5.74, 6) is -0.150. The molecule has 0 aromatic rings. The van der Waals surface area contributed by atoms with Crippen LogP contribution in [-0.4, -0.2) is 87.5 Å². The molecule has 0 aromatic heterocycles. The lowest BCUT2D eigenvalue weighted by atomic mass is 9.99. The normalized spacial score (nSPS) is 20.8. The summed E-state index contributed by atoms with van der Waals surface area (Å²) >= 11 is 0. The summed E-state index contributed by atoms with van der Waals surface area (Å²) < 4.78 is 11.1. The van der Waals surface area contributed by atoms with Gasteiger partial charge in [-0.05, 0) is 38.5 Å². The van der Waals surface area contributed by atoms with Gasteiger partial charge in [0.15, 0.2) is 6.29 Å². The van der Waals surface area contributed by atoms with Gasteiger partial charge in [0.1, 0.15) is 24.4 Å². The molecule has 1 heterocycles. The fourth-order valence-corrected chi connectivity index (χ4v) is 8.10. The Hall–Kier alpha value is -1.07.